The Hall–Kier alpha value is -2.21. The van der Waals surface area contributed by atoms with Crippen molar-refractivity contribution in [3.63, 3.8) is 0 Å². The lowest BCUT2D eigenvalue weighted by Gasteiger charge is -2.17. The fourth-order valence-electron chi connectivity index (χ4n) is 1.51. The van der Waals surface area contributed by atoms with E-state index in [1.54, 1.807) is 25.4 Å². The molecule has 2 rings (SSSR count). The molecular formula is C11H9ClN4O2. The second kappa shape index (κ2) is 4.97. The van der Waals surface area contributed by atoms with E-state index in [9.17, 15) is 10.1 Å². The molecule has 18 heavy (non-hydrogen) atoms. The van der Waals surface area contributed by atoms with Gasteiger partial charge in [-0.3, -0.25) is 10.1 Å². The second-order valence-electron chi connectivity index (χ2n) is 3.47. The van der Waals surface area contributed by atoms with Crippen LogP contribution in [0.2, 0.25) is 5.02 Å². The molecule has 7 heteroatoms. The third-order valence-electron chi connectivity index (χ3n) is 2.34. The highest BCUT2D eigenvalue weighted by Crippen LogP contribution is 2.32. The zero-order valence-corrected chi connectivity index (χ0v) is 10.2. The summed E-state index contributed by atoms with van der Waals surface area (Å²) in [6.07, 6.45) is 3.04. The van der Waals surface area contributed by atoms with Crippen molar-refractivity contribution in [3.05, 3.63) is 51.8 Å². The van der Waals surface area contributed by atoms with Crippen molar-refractivity contribution < 1.29 is 4.92 Å². The van der Waals surface area contributed by atoms with E-state index in [0.717, 1.165) is 0 Å². The number of anilines is 2. The van der Waals surface area contributed by atoms with E-state index in [4.69, 9.17) is 11.6 Å². The molecule has 0 atom stereocenters. The molecule has 0 saturated carbocycles. The molecule has 0 fully saturated rings. The fraction of sp³-hybridized carbons (Fsp3) is 0.0909. The van der Waals surface area contributed by atoms with Crippen molar-refractivity contribution >= 4 is 28.9 Å². The maximum atomic E-state index is 10.9. The van der Waals surface area contributed by atoms with Gasteiger partial charge in [0.15, 0.2) is 5.82 Å². The van der Waals surface area contributed by atoms with E-state index in [0.29, 0.717) is 10.8 Å². The number of nitro groups is 1. The van der Waals surface area contributed by atoms with Crippen LogP contribution in [0.3, 0.4) is 0 Å². The smallest absolute Gasteiger partial charge is 0.307 e. The topological polar surface area (TPSA) is 72.2 Å². The Kier molecular flexibility index (Phi) is 3.38. The monoisotopic (exact) mass is 264 g/mol. The van der Waals surface area contributed by atoms with Crippen molar-refractivity contribution in [1.29, 1.82) is 0 Å². The molecule has 0 spiro atoms. The SMILES string of the molecule is CN(c1ncccc1Cl)c1ncccc1[N+](=O)[O-]. The molecule has 0 unspecified atom stereocenters. The van der Waals surface area contributed by atoms with Crippen LogP contribution in [0.1, 0.15) is 0 Å². The van der Waals surface area contributed by atoms with Crippen LogP contribution in [0.25, 0.3) is 0 Å². The summed E-state index contributed by atoms with van der Waals surface area (Å²) in [4.78, 5) is 20.0. The van der Waals surface area contributed by atoms with Crippen molar-refractivity contribution in [1.82, 2.24) is 9.97 Å². The minimum atomic E-state index is -0.490. The van der Waals surface area contributed by atoms with Crippen LogP contribution in [0, 0.1) is 10.1 Å². The Morgan fingerprint density at radius 3 is 2.44 bits per heavy atom. The van der Waals surface area contributed by atoms with Crippen LogP contribution in [0.5, 0.6) is 0 Å². The molecule has 2 aromatic rings. The highest BCUT2D eigenvalue weighted by molar-refractivity contribution is 6.33. The summed E-state index contributed by atoms with van der Waals surface area (Å²) in [5.41, 5.74) is -0.0956. The summed E-state index contributed by atoms with van der Waals surface area (Å²) in [6, 6.07) is 6.24. The Morgan fingerprint density at radius 2 is 1.83 bits per heavy atom. The first-order chi connectivity index (χ1) is 8.61. The fourth-order valence-corrected chi connectivity index (χ4v) is 1.76. The van der Waals surface area contributed by atoms with Crippen LogP contribution >= 0.6 is 11.6 Å². The molecule has 0 amide bonds. The lowest BCUT2D eigenvalue weighted by Crippen LogP contribution is -2.14. The molecule has 2 aromatic heterocycles. The van der Waals surface area contributed by atoms with Gasteiger partial charge in [-0.1, -0.05) is 11.6 Å². The third-order valence-corrected chi connectivity index (χ3v) is 2.63. The zero-order valence-electron chi connectivity index (χ0n) is 9.45. The zero-order chi connectivity index (χ0) is 13.1. The second-order valence-corrected chi connectivity index (χ2v) is 3.88. The average molecular weight is 265 g/mol. The quantitative estimate of drug-likeness (QED) is 0.630. The first-order valence-corrected chi connectivity index (χ1v) is 5.42. The van der Waals surface area contributed by atoms with E-state index in [2.05, 4.69) is 9.97 Å². The van der Waals surface area contributed by atoms with Crippen LogP contribution in [-0.4, -0.2) is 21.9 Å². The third kappa shape index (κ3) is 2.23. The van der Waals surface area contributed by atoms with Crippen molar-refractivity contribution in [2.24, 2.45) is 0 Å². The van der Waals surface area contributed by atoms with Gasteiger partial charge in [-0.2, -0.15) is 0 Å². The summed E-state index contributed by atoms with van der Waals surface area (Å²) in [5, 5.41) is 11.3. The van der Waals surface area contributed by atoms with Gasteiger partial charge < -0.3 is 4.90 Å². The molecule has 2 heterocycles. The summed E-state index contributed by atoms with van der Waals surface area (Å²) in [5.74, 6) is 0.615. The van der Waals surface area contributed by atoms with E-state index < -0.39 is 4.92 Å². The number of hydrogen-bond acceptors (Lipinski definition) is 5. The van der Waals surface area contributed by atoms with E-state index in [1.807, 2.05) is 0 Å². The highest BCUT2D eigenvalue weighted by Gasteiger charge is 2.20. The van der Waals surface area contributed by atoms with Gasteiger partial charge in [-0.25, -0.2) is 9.97 Å². The largest absolute Gasteiger partial charge is 0.311 e. The lowest BCUT2D eigenvalue weighted by molar-refractivity contribution is -0.384. The standard InChI is InChI=1S/C11H9ClN4O2/c1-15(10-8(12)4-2-6-13-10)11-9(16(17)18)5-3-7-14-11/h2-7H,1H3. The minimum absolute atomic E-state index is 0.0956. The molecule has 0 N–H and O–H groups in total. The normalized spacial score (nSPS) is 10.1. The van der Waals surface area contributed by atoms with E-state index >= 15 is 0 Å². The minimum Gasteiger partial charge on any atom is -0.307 e. The van der Waals surface area contributed by atoms with Crippen molar-refractivity contribution in [2.75, 3.05) is 11.9 Å². The predicted molar refractivity (Wildman–Crippen MR) is 68.2 cm³/mol. The molecule has 6 nitrogen and oxygen atoms in total. The van der Waals surface area contributed by atoms with Gasteiger partial charge in [0, 0.05) is 25.5 Å². The molecule has 0 aliphatic rings. The van der Waals surface area contributed by atoms with Gasteiger partial charge >= 0.3 is 5.69 Å². The number of pyridine rings is 2. The summed E-state index contributed by atoms with van der Waals surface area (Å²) in [7, 11) is 1.63. The number of halogens is 1. The van der Waals surface area contributed by atoms with Gasteiger partial charge in [0.25, 0.3) is 0 Å². The van der Waals surface area contributed by atoms with Crippen LogP contribution in [0.15, 0.2) is 36.7 Å². The first-order valence-electron chi connectivity index (χ1n) is 5.05. The first kappa shape index (κ1) is 12.3. The lowest BCUT2D eigenvalue weighted by atomic mass is 10.3. The Morgan fingerprint density at radius 1 is 1.22 bits per heavy atom. The highest BCUT2D eigenvalue weighted by atomic mass is 35.5. The average Bonchev–Trinajstić information content (AvgIpc) is 2.38. The molecule has 0 aliphatic carbocycles. The molecule has 92 valence electrons. The predicted octanol–water partition coefficient (Wildman–Crippen LogP) is 2.81. The maximum absolute atomic E-state index is 10.9. The number of aromatic nitrogens is 2. The Balaban J connectivity index is 2.50. The van der Waals surface area contributed by atoms with Gasteiger partial charge in [0.2, 0.25) is 5.82 Å². The molecule has 0 saturated heterocycles. The number of rotatable bonds is 3. The van der Waals surface area contributed by atoms with E-state index in [-0.39, 0.29) is 11.5 Å². The van der Waals surface area contributed by atoms with Crippen LogP contribution in [-0.2, 0) is 0 Å². The van der Waals surface area contributed by atoms with Gasteiger partial charge in [0.1, 0.15) is 0 Å². The van der Waals surface area contributed by atoms with Crippen LogP contribution < -0.4 is 4.90 Å². The molecule has 0 radical (unpaired) electrons. The number of hydrogen-bond donors (Lipinski definition) is 0. The molecular weight excluding hydrogens is 256 g/mol. The summed E-state index contributed by atoms with van der Waals surface area (Å²) < 4.78 is 0. The summed E-state index contributed by atoms with van der Waals surface area (Å²) >= 11 is 6.00. The molecule has 0 aromatic carbocycles. The van der Waals surface area contributed by atoms with E-state index in [1.165, 1.54) is 23.2 Å². The Bertz CT molecular complexity index is 591. The van der Waals surface area contributed by atoms with Crippen molar-refractivity contribution in [2.45, 2.75) is 0 Å². The van der Waals surface area contributed by atoms with Gasteiger partial charge in [-0.15, -0.1) is 0 Å². The van der Waals surface area contributed by atoms with Crippen LogP contribution in [0.4, 0.5) is 17.3 Å². The Labute approximate surface area is 108 Å². The van der Waals surface area contributed by atoms with Crippen molar-refractivity contribution in [3.8, 4) is 0 Å². The van der Waals surface area contributed by atoms with Gasteiger partial charge in [0.05, 0.1) is 9.95 Å². The number of nitrogens with zero attached hydrogens (tertiary/aromatic N) is 4. The maximum Gasteiger partial charge on any atom is 0.311 e. The summed E-state index contributed by atoms with van der Waals surface area (Å²) in [6.45, 7) is 0. The molecule has 0 bridgehead atoms. The molecule has 0 aliphatic heterocycles. The van der Waals surface area contributed by atoms with Gasteiger partial charge in [-0.05, 0) is 18.2 Å².